The van der Waals surface area contributed by atoms with Gasteiger partial charge in [-0.05, 0) is 29.2 Å². The summed E-state index contributed by atoms with van der Waals surface area (Å²) in [4.78, 5) is 40.9. The highest BCUT2D eigenvalue weighted by Crippen LogP contribution is 2.24. The smallest absolute Gasteiger partial charge is 0.332 e. The number of hydrogen-bond acceptors (Lipinski definition) is 5. The van der Waals surface area contributed by atoms with E-state index in [4.69, 9.17) is 4.74 Å². The van der Waals surface area contributed by atoms with Crippen LogP contribution in [0.2, 0.25) is 0 Å². The van der Waals surface area contributed by atoms with E-state index in [0.717, 1.165) is 10.3 Å². The van der Waals surface area contributed by atoms with Crippen LogP contribution < -0.4 is 21.3 Å². The fourth-order valence-corrected chi connectivity index (χ4v) is 3.08. The van der Waals surface area contributed by atoms with Gasteiger partial charge in [-0.15, -0.1) is 0 Å². The first-order valence-electron chi connectivity index (χ1n) is 9.67. The molecule has 1 aromatic carbocycles. The van der Waals surface area contributed by atoms with E-state index in [1.807, 2.05) is 24.3 Å². The first-order chi connectivity index (χ1) is 14.1. The second-order valence-corrected chi connectivity index (χ2v) is 8.18. The summed E-state index contributed by atoms with van der Waals surface area (Å²) in [5.74, 6) is 0.362. The largest absolute Gasteiger partial charge is 0.492 e. The van der Waals surface area contributed by atoms with Gasteiger partial charge in [-0.25, -0.2) is 9.78 Å². The topological polar surface area (TPSA) is 95.2 Å². The zero-order chi connectivity index (χ0) is 22.1. The van der Waals surface area contributed by atoms with Crippen LogP contribution in [0.3, 0.4) is 0 Å². The zero-order valence-electron chi connectivity index (χ0n) is 17.9. The first kappa shape index (κ1) is 21.3. The van der Waals surface area contributed by atoms with Crippen molar-refractivity contribution in [2.45, 2.75) is 26.2 Å². The van der Waals surface area contributed by atoms with Gasteiger partial charge < -0.3 is 10.1 Å². The number of nitrogens with zero attached hydrogens (tertiary/aromatic N) is 3. The van der Waals surface area contributed by atoms with Crippen LogP contribution in [-0.4, -0.2) is 33.2 Å². The highest BCUT2D eigenvalue weighted by atomic mass is 16.5. The Bertz CT molecular complexity index is 1200. The Balaban J connectivity index is 1.63. The van der Waals surface area contributed by atoms with Crippen LogP contribution >= 0.6 is 0 Å². The van der Waals surface area contributed by atoms with Gasteiger partial charge in [-0.2, -0.15) is 0 Å². The summed E-state index contributed by atoms with van der Waals surface area (Å²) in [6.45, 7) is 7.04. The average Bonchev–Trinajstić information content (AvgIpc) is 2.72. The van der Waals surface area contributed by atoms with Crippen molar-refractivity contribution in [1.29, 1.82) is 0 Å². The predicted molar refractivity (Wildman–Crippen MR) is 115 cm³/mol. The molecular formula is C22H26N4O4. The van der Waals surface area contributed by atoms with Crippen LogP contribution in [0, 0.1) is 0 Å². The Kier molecular flexibility index (Phi) is 5.78. The first-order valence-corrected chi connectivity index (χ1v) is 9.67. The Hall–Kier alpha value is -3.42. The van der Waals surface area contributed by atoms with E-state index >= 15 is 0 Å². The van der Waals surface area contributed by atoms with Crippen molar-refractivity contribution in [3.63, 3.8) is 0 Å². The van der Waals surface area contributed by atoms with Crippen LogP contribution in [0.25, 0.3) is 11.0 Å². The number of fused-ring (bicyclic) bond motifs is 1. The molecule has 2 heterocycles. The molecule has 0 spiro atoms. The van der Waals surface area contributed by atoms with Crippen molar-refractivity contribution in [3.05, 3.63) is 68.5 Å². The number of nitrogens with one attached hydrogen (secondary N) is 1. The standard InChI is InChI=1S/C22H26N4O4/c1-22(2,3)15-6-8-16(9-7-15)30-11-10-23-19(27)14-12-17-18(24-13-14)25(4)21(29)26(5)20(17)28/h6-9,12-13H,10-11H2,1-5H3,(H,23,27). The molecule has 3 aromatic rings. The molecule has 2 aromatic heterocycles. The van der Waals surface area contributed by atoms with Crippen molar-refractivity contribution in [2.24, 2.45) is 14.1 Å². The SMILES string of the molecule is Cn1c(=O)c2cc(C(=O)NCCOc3ccc(C(C)(C)C)cc3)cnc2n(C)c1=O. The number of rotatable bonds is 5. The molecule has 0 aliphatic rings. The third-order valence-corrected chi connectivity index (χ3v) is 4.93. The molecule has 0 bridgehead atoms. The van der Waals surface area contributed by atoms with Crippen molar-refractivity contribution in [1.82, 2.24) is 19.4 Å². The summed E-state index contributed by atoms with van der Waals surface area (Å²) in [6.07, 6.45) is 1.35. The van der Waals surface area contributed by atoms with Crippen LogP contribution in [0.15, 0.2) is 46.1 Å². The third kappa shape index (κ3) is 4.27. The van der Waals surface area contributed by atoms with Gasteiger partial charge in [0.25, 0.3) is 11.5 Å². The molecule has 30 heavy (non-hydrogen) atoms. The van der Waals surface area contributed by atoms with E-state index in [9.17, 15) is 14.4 Å². The highest BCUT2D eigenvalue weighted by Gasteiger charge is 2.14. The number of carbonyl (C=O) groups is 1. The Morgan fingerprint density at radius 2 is 1.77 bits per heavy atom. The van der Waals surface area contributed by atoms with Gasteiger partial charge >= 0.3 is 5.69 Å². The van der Waals surface area contributed by atoms with Gasteiger partial charge in [0.1, 0.15) is 18.0 Å². The number of ether oxygens (including phenoxy) is 1. The van der Waals surface area contributed by atoms with Gasteiger partial charge in [0.2, 0.25) is 0 Å². The van der Waals surface area contributed by atoms with Crippen molar-refractivity contribution < 1.29 is 9.53 Å². The molecule has 0 atom stereocenters. The van der Waals surface area contributed by atoms with E-state index < -0.39 is 11.2 Å². The maximum atomic E-state index is 12.4. The van der Waals surface area contributed by atoms with Gasteiger partial charge in [0.15, 0.2) is 0 Å². The minimum atomic E-state index is -0.489. The minimum Gasteiger partial charge on any atom is -0.492 e. The normalized spacial score (nSPS) is 11.5. The number of carbonyl (C=O) groups excluding carboxylic acids is 1. The molecule has 0 aliphatic carbocycles. The molecule has 0 aliphatic heterocycles. The average molecular weight is 410 g/mol. The van der Waals surface area contributed by atoms with Crippen LogP contribution in [0.4, 0.5) is 0 Å². The van der Waals surface area contributed by atoms with Crippen LogP contribution in [0.5, 0.6) is 5.75 Å². The quantitative estimate of drug-likeness (QED) is 0.647. The third-order valence-electron chi connectivity index (χ3n) is 4.93. The summed E-state index contributed by atoms with van der Waals surface area (Å²) in [5, 5.41) is 2.96. The monoisotopic (exact) mass is 410 g/mol. The second-order valence-electron chi connectivity index (χ2n) is 8.18. The molecular weight excluding hydrogens is 384 g/mol. The molecule has 3 rings (SSSR count). The summed E-state index contributed by atoms with van der Waals surface area (Å²) in [5.41, 5.74) is 0.820. The van der Waals surface area contributed by atoms with Crippen molar-refractivity contribution in [3.8, 4) is 5.75 Å². The Morgan fingerprint density at radius 1 is 1.10 bits per heavy atom. The lowest BCUT2D eigenvalue weighted by Gasteiger charge is -2.19. The number of aromatic nitrogens is 3. The van der Waals surface area contributed by atoms with E-state index in [1.54, 1.807) is 0 Å². The summed E-state index contributed by atoms with van der Waals surface area (Å²) in [7, 11) is 2.92. The zero-order valence-corrected chi connectivity index (χ0v) is 17.9. The molecule has 1 N–H and O–H groups in total. The Morgan fingerprint density at radius 3 is 2.40 bits per heavy atom. The van der Waals surface area contributed by atoms with Gasteiger partial charge in [-0.3, -0.25) is 18.7 Å². The fraction of sp³-hybridized carbons (Fsp3) is 0.364. The van der Waals surface area contributed by atoms with E-state index in [1.165, 1.54) is 36.5 Å². The molecule has 0 fully saturated rings. The molecule has 8 heteroatoms. The van der Waals surface area contributed by atoms with E-state index in [0.29, 0.717) is 13.2 Å². The molecule has 0 radical (unpaired) electrons. The lowest BCUT2D eigenvalue weighted by molar-refractivity contribution is 0.0947. The lowest BCUT2D eigenvalue weighted by atomic mass is 9.87. The van der Waals surface area contributed by atoms with Crippen LogP contribution in [-0.2, 0) is 19.5 Å². The molecule has 0 saturated carbocycles. The number of pyridine rings is 1. The summed E-state index contributed by atoms with van der Waals surface area (Å²) < 4.78 is 7.94. The number of amides is 1. The van der Waals surface area contributed by atoms with E-state index in [2.05, 4.69) is 31.1 Å². The molecule has 0 unspecified atom stereocenters. The number of aryl methyl sites for hydroxylation is 1. The molecule has 0 saturated heterocycles. The fourth-order valence-electron chi connectivity index (χ4n) is 3.08. The van der Waals surface area contributed by atoms with Gasteiger partial charge in [-0.1, -0.05) is 32.9 Å². The predicted octanol–water partition coefficient (Wildman–Crippen LogP) is 1.74. The van der Waals surface area contributed by atoms with Crippen molar-refractivity contribution in [2.75, 3.05) is 13.2 Å². The van der Waals surface area contributed by atoms with Gasteiger partial charge in [0, 0.05) is 20.3 Å². The maximum absolute atomic E-state index is 12.4. The molecule has 1 amide bonds. The van der Waals surface area contributed by atoms with E-state index in [-0.39, 0.29) is 27.9 Å². The Labute approximate surface area is 174 Å². The van der Waals surface area contributed by atoms with Crippen molar-refractivity contribution >= 4 is 16.9 Å². The number of hydrogen-bond donors (Lipinski definition) is 1. The second kappa shape index (κ2) is 8.14. The highest BCUT2D eigenvalue weighted by molar-refractivity contribution is 5.96. The van der Waals surface area contributed by atoms with Gasteiger partial charge in [0.05, 0.1) is 17.5 Å². The summed E-state index contributed by atoms with van der Waals surface area (Å²) >= 11 is 0. The minimum absolute atomic E-state index is 0.0771. The number of benzene rings is 1. The lowest BCUT2D eigenvalue weighted by Crippen LogP contribution is -2.37. The maximum Gasteiger partial charge on any atom is 0.332 e. The van der Waals surface area contributed by atoms with Crippen LogP contribution in [0.1, 0.15) is 36.7 Å². The summed E-state index contributed by atoms with van der Waals surface area (Å²) in [6, 6.07) is 9.34. The molecule has 158 valence electrons. The molecule has 8 nitrogen and oxygen atoms in total.